The smallest absolute Gasteiger partial charge is 0.0400 e. The third-order valence-electron chi connectivity index (χ3n) is 4.54. The van der Waals surface area contributed by atoms with Crippen molar-refractivity contribution in [3.05, 3.63) is 29.3 Å². The second kappa shape index (κ2) is 7.68. The van der Waals surface area contributed by atoms with Gasteiger partial charge in [-0.3, -0.25) is 4.90 Å². The fraction of sp³-hybridized carbons (Fsp3) is 0.667. The first-order valence-electron chi connectivity index (χ1n) is 8.26. The van der Waals surface area contributed by atoms with E-state index < -0.39 is 0 Å². The molecule has 0 amide bonds. The number of piperidine rings is 1. The fourth-order valence-corrected chi connectivity index (χ4v) is 3.26. The highest BCUT2D eigenvalue weighted by Crippen LogP contribution is 2.22. The van der Waals surface area contributed by atoms with Crippen LogP contribution in [0, 0.1) is 13.8 Å². The summed E-state index contributed by atoms with van der Waals surface area (Å²) in [6, 6.07) is 7.26. The highest BCUT2D eigenvalue weighted by molar-refractivity contribution is 5.56. The van der Waals surface area contributed by atoms with Gasteiger partial charge in [0, 0.05) is 18.3 Å². The quantitative estimate of drug-likeness (QED) is 0.828. The van der Waals surface area contributed by atoms with Crippen LogP contribution < -0.4 is 5.32 Å². The highest BCUT2D eigenvalue weighted by Gasteiger charge is 2.21. The van der Waals surface area contributed by atoms with Crippen molar-refractivity contribution in [2.24, 2.45) is 0 Å². The number of para-hydroxylation sites is 1. The standard InChI is InChI=1S/C18H30N2/c1-4-5-12-20-13-7-6-11-17(20)14-19-18-15(2)9-8-10-16(18)3/h8-10,17,19H,4-7,11-14H2,1-3H3. The molecule has 1 aliphatic rings. The molecule has 0 aliphatic carbocycles. The number of rotatable bonds is 6. The molecule has 0 aromatic heterocycles. The first kappa shape index (κ1) is 15.4. The maximum atomic E-state index is 3.72. The molecule has 1 aromatic carbocycles. The molecule has 0 bridgehead atoms. The summed E-state index contributed by atoms with van der Waals surface area (Å²) in [6.45, 7) is 10.3. The molecule has 1 unspecified atom stereocenters. The Balaban J connectivity index is 1.93. The van der Waals surface area contributed by atoms with Crippen LogP contribution in [0.2, 0.25) is 0 Å². The molecular weight excluding hydrogens is 244 g/mol. The molecule has 0 saturated carbocycles. The van der Waals surface area contributed by atoms with E-state index in [0.29, 0.717) is 6.04 Å². The van der Waals surface area contributed by atoms with Crippen molar-refractivity contribution in [1.82, 2.24) is 4.90 Å². The fourth-order valence-electron chi connectivity index (χ4n) is 3.26. The third-order valence-corrected chi connectivity index (χ3v) is 4.54. The van der Waals surface area contributed by atoms with Gasteiger partial charge < -0.3 is 5.32 Å². The van der Waals surface area contributed by atoms with E-state index in [1.165, 1.54) is 62.0 Å². The zero-order valence-electron chi connectivity index (χ0n) is 13.4. The summed E-state index contributed by atoms with van der Waals surface area (Å²) >= 11 is 0. The molecule has 2 heteroatoms. The molecule has 1 aliphatic heterocycles. The lowest BCUT2D eigenvalue weighted by molar-refractivity contribution is 0.154. The second-order valence-corrected chi connectivity index (χ2v) is 6.19. The molecule has 1 heterocycles. The maximum absolute atomic E-state index is 3.72. The Morgan fingerprint density at radius 2 is 1.95 bits per heavy atom. The van der Waals surface area contributed by atoms with Crippen molar-refractivity contribution in [1.29, 1.82) is 0 Å². The topological polar surface area (TPSA) is 15.3 Å². The first-order valence-corrected chi connectivity index (χ1v) is 8.26. The molecule has 1 aromatic rings. The Morgan fingerprint density at radius 3 is 2.65 bits per heavy atom. The van der Waals surface area contributed by atoms with Crippen LogP contribution in [0.3, 0.4) is 0 Å². The molecule has 0 radical (unpaired) electrons. The van der Waals surface area contributed by atoms with Gasteiger partial charge in [0.15, 0.2) is 0 Å². The minimum Gasteiger partial charge on any atom is -0.383 e. The van der Waals surface area contributed by atoms with Gasteiger partial charge >= 0.3 is 0 Å². The van der Waals surface area contributed by atoms with Crippen molar-refractivity contribution in [2.45, 2.75) is 58.9 Å². The van der Waals surface area contributed by atoms with Gasteiger partial charge in [-0.1, -0.05) is 38.0 Å². The summed E-state index contributed by atoms with van der Waals surface area (Å²) in [5.74, 6) is 0. The monoisotopic (exact) mass is 274 g/mol. The number of likely N-dealkylation sites (tertiary alicyclic amines) is 1. The van der Waals surface area contributed by atoms with E-state index in [1.54, 1.807) is 0 Å². The second-order valence-electron chi connectivity index (χ2n) is 6.19. The molecule has 2 nitrogen and oxygen atoms in total. The minimum atomic E-state index is 0.717. The van der Waals surface area contributed by atoms with Crippen LogP contribution in [0.5, 0.6) is 0 Å². The minimum absolute atomic E-state index is 0.717. The highest BCUT2D eigenvalue weighted by atomic mass is 15.2. The Labute approximate surface area is 124 Å². The number of nitrogens with one attached hydrogen (secondary N) is 1. The van der Waals surface area contributed by atoms with Crippen LogP contribution >= 0.6 is 0 Å². The van der Waals surface area contributed by atoms with Gasteiger partial charge in [0.2, 0.25) is 0 Å². The Morgan fingerprint density at radius 1 is 1.20 bits per heavy atom. The van der Waals surface area contributed by atoms with E-state index in [0.717, 1.165) is 6.54 Å². The zero-order valence-corrected chi connectivity index (χ0v) is 13.4. The number of unbranched alkanes of at least 4 members (excludes halogenated alkanes) is 1. The summed E-state index contributed by atoms with van der Waals surface area (Å²) in [5.41, 5.74) is 4.07. The van der Waals surface area contributed by atoms with Gasteiger partial charge in [0.25, 0.3) is 0 Å². The normalized spacial score (nSPS) is 20.1. The Hall–Kier alpha value is -1.02. The largest absolute Gasteiger partial charge is 0.383 e. The van der Waals surface area contributed by atoms with E-state index in [4.69, 9.17) is 0 Å². The maximum Gasteiger partial charge on any atom is 0.0400 e. The van der Waals surface area contributed by atoms with Crippen molar-refractivity contribution in [3.8, 4) is 0 Å². The lowest BCUT2D eigenvalue weighted by Crippen LogP contribution is -2.44. The Bertz CT molecular complexity index is 394. The molecule has 1 fully saturated rings. The molecule has 112 valence electrons. The van der Waals surface area contributed by atoms with Crippen molar-refractivity contribution >= 4 is 5.69 Å². The van der Waals surface area contributed by atoms with E-state index in [2.05, 4.69) is 49.2 Å². The lowest BCUT2D eigenvalue weighted by Gasteiger charge is -2.36. The van der Waals surface area contributed by atoms with Crippen LogP contribution in [0.4, 0.5) is 5.69 Å². The van der Waals surface area contributed by atoms with Gasteiger partial charge in [0.05, 0.1) is 0 Å². The Kier molecular flexibility index (Phi) is 5.90. The van der Waals surface area contributed by atoms with Gasteiger partial charge in [-0.05, 0) is 57.3 Å². The van der Waals surface area contributed by atoms with E-state index in [-0.39, 0.29) is 0 Å². The van der Waals surface area contributed by atoms with Crippen LogP contribution in [-0.2, 0) is 0 Å². The first-order chi connectivity index (χ1) is 9.72. The average molecular weight is 274 g/mol. The summed E-state index contributed by atoms with van der Waals surface area (Å²) in [6.07, 6.45) is 6.75. The average Bonchev–Trinajstić information content (AvgIpc) is 2.45. The molecular formula is C18H30N2. The lowest BCUT2D eigenvalue weighted by atomic mass is 10.0. The van der Waals surface area contributed by atoms with Crippen molar-refractivity contribution in [2.75, 3.05) is 25.0 Å². The summed E-state index contributed by atoms with van der Waals surface area (Å²) in [4.78, 5) is 2.70. The zero-order chi connectivity index (χ0) is 14.4. The number of hydrogen-bond acceptors (Lipinski definition) is 2. The summed E-state index contributed by atoms with van der Waals surface area (Å²) in [5, 5.41) is 3.72. The molecule has 1 N–H and O–H groups in total. The number of aryl methyl sites for hydroxylation is 2. The van der Waals surface area contributed by atoms with Crippen molar-refractivity contribution in [3.63, 3.8) is 0 Å². The predicted molar refractivity (Wildman–Crippen MR) is 88.5 cm³/mol. The van der Waals surface area contributed by atoms with Gasteiger partial charge in [-0.2, -0.15) is 0 Å². The molecule has 1 saturated heterocycles. The molecule has 1 atom stereocenters. The van der Waals surface area contributed by atoms with E-state index >= 15 is 0 Å². The van der Waals surface area contributed by atoms with Crippen molar-refractivity contribution < 1.29 is 0 Å². The number of hydrogen-bond donors (Lipinski definition) is 1. The summed E-state index contributed by atoms with van der Waals surface area (Å²) < 4.78 is 0. The number of benzene rings is 1. The van der Waals surface area contributed by atoms with Crippen LogP contribution in [0.25, 0.3) is 0 Å². The van der Waals surface area contributed by atoms with E-state index in [1.807, 2.05) is 0 Å². The SMILES string of the molecule is CCCCN1CCCCC1CNc1c(C)cccc1C. The van der Waals surface area contributed by atoms with Gasteiger partial charge in [0.1, 0.15) is 0 Å². The van der Waals surface area contributed by atoms with Crippen LogP contribution in [-0.4, -0.2) is 30.6 Å². The summed E-state index contributed by atoms with van der Waals surface area (Å²) in [7, 11) is 0. The van der Waals surface area contributed by atoms with Crippen LogP contribution in [0.1, 0.15) is 50.2 Å². The van der Waals surface area contributed by atoms with Gasteiger partial charge in [-0.15, -0.1) is 0 Å². The van der Waals surface area contributed by atoms with E-state index in [9.17, 15) is 0 Å². The molecule has 20 heavy (non-hydrogen) atoms. The molecule has 2 rings (SSSR count). The van der Waals surface area contributed by atoms with Gasteiger partial charge in [-0.25, -0.2) is 0 Å². The number of anilines is 1. The van der Waals surface area contributed by atoms with Crippen LogP contribution in [0.15, 0.2) is 18.2 Å². The molecule has 0 spiro atoms. The predicted octanol–water partition coefficient (Wildman–Crippen LogP) is 4.37. The number of nitrogens with zero attached hydrogens (tertiary/aromatic N) is 1. The third kappa shape index (κ3) is 3.99.